The fraction of sp³-hybridized carbons (Fsp3) is 0.0882. The second-order valence-electron chi connectivity index (χ2n) is 9.26. The Morgan fingerprint density at radius 3 is 1.98 bits per heavy atom. The van der Waals surface area contributed by atoms with Crippen molar-refractivity contribution in [2.24, 2.45) is 5.10 Å². The molecule has 0 radical (unpaired) electrons. The zero-order chi connectivity index (χ0) is 30.9. The molecule has 0 bridgehead atoms. The number of nitrogens with one attached hydrogen (secondary N) is 1. The van der Waals surface area contributed by atoms with Gasteiger partial charge >= 0.3 is 18.2 Å². The fourth-order valence-corrected chi connectivity index (χ4v) is 4.38. The Kier molecular flexibility index (Phi) is 9.96. The molecule has 5 aromatic carbocycles. The molecule has 0 aliphatic heterocycles. The molecule has 1 amide bonds. The Hall–Kier alpha value is -5.05. The van der Waals surface area contributed by atoms with Gasteiger partial charge in [0.15, 0.2) is 0 Å². The number of amides is 1. The summed E-state index contributed by atoms with van der Waals surface area (Å²) in [7, 11) is 0. The third-order valence-corrected chi connectivity index (χ3v) is 6.73. The summed E-state index contributed by atoms with van der Waals surface area (Å²) in [6, 6.07) is 30.6. The predicted octanol–water partition coefficient (Wildman–Crippen LogP) is 7.70. The standard InChI is InChI=1S/C34H26Cl2N2O6/c1-2-41-26-14-7-23(8-15-26)33(40)44-31-20-9-22-5-3-4-6-29(22)30(31)21-37-38-32(39)34(42-27-16-10-24(35)11-17-27)43-28-18-12-25(36)13-19-28/h3-21,34H,2H2,1H3,(H,38,39). The average Bonchev–Trinajstić information content (AvgIpc) is 3.04. The first kappa shape index (κ1) is 30.4. The van der Waals surface area contributed by atoms with Gasteiger partial charge in [0.05, 0.1) is 18.4 Å². The van der Waals surface area contributed by atoms with Crippen molar-refractivity contribution in [1.29, 1.82) is 0 Å². The summed E-state index contributed by atoms with van der Waals surface area (Å²) in [5, 5.41) is 6.83. The summed E-state index contributed by atoms with van der Waals surface area (Å²) in [4.78, 5) is 26.2. The van der Waals surface area contributed by atoms with Gasteiger partial charge in [0.1, 0.15) is 23.0 Å². The van der Waals surface area contributed by atoms with Crippen LogP contribution in [-0.4, -0.2) is 31.0 Å². The maximum absolute atomic E-state index is 13.2. The number of nitrogens with zero attached hydrogens (tertiary/aromatic N) is 1. The van der Waals surface area contributed by atoms with Crippen LogP contribution in [0.4, 0.5) is 0 Å². The van der Waals surface area contributed by atoms with Gasteiger partial charge in [-0.25, -0.2) is 10.2 Å². The maximum atomic E-state index is 13.2. The molecule has 0 saturated heterocycles. The van der Waals surface area contributed by atoms with Crippen LogP contribution in [0, 0.1) is 0 Å². The highest BCUT2D eigenvalue weighted by Crippen LogP contribution is 2.28. The third-order valence-electron chi connectivity index (χ3n) is 6.23. The summed E-state index contributed by atoms with van der Waals surface area (Å²) in [5.74, 6) is 0.355. The van der Waals surface area contributed by atoms with Crippen LogP contribution >= 0.6 is 23.2 Å². The molecule has 0 aromatic heterocycles. The van der Waals surface area contributed by atoms with Crippen LogP contribution in [0.5, 0.6) is 23.0 Å². The number of fused-ring (bicyclic) bond motifs is 1. The van der Waals surface area contributed by atoms with Crippen molar-refractivity contribution in [2.45, 2.75) is 13.2 Å². The molecule has 0 aliphatic rings. The Morgan fingerprint density at radius 1 is 0.773 bits per heavy atom. The van der Waals surface area contributed by atoms with Crippen LogP contribution in [0.2, 0.25) is 10.0 Å². The second-order valence-corrected chi connectivity index (χ2v) is 10.1. The van der Waals surface area contributed by atoms with E-state index in [1.54, 1.807) is 78.9 Å². The number of carbonyl (C=O) groups is 2. The van der Waals surface area contributed by atoms with Crippen LogP contribution in [0.25, 0.3) is 10.8 Å². The lowest BCUT2D eigenvalue weighted by Gasteiger charge is -2.19. The lowest BCUT2D eigenvalue weighted by atomic mass is 10.0. The van der Waals surface area contributed by atoms with E-state index in [0.29, 0.717) is 45.0 Å². The molecule has 10 heteroatoms. The number of hydrazone groups is 1. The summed E-state index contributed by atoms with van der Waals surface area (Å²) in [6.07, 6.45) is -0.0122. The molecule has 44 heavy (non-hydrogen) atoms. The van der Waals surface area contributed by atoms with E-state index < -0.39 is 18.2 Å². The monoisotopic (exact) mass is 628 g/mol. The van der Waals surface area contributed by atoms with Crippen LogP contribution < -0.4 is 24.4 Å². The summed E-state index contributed by atoms with van der Waals surface area (Å²) < 4.78 is 22.8. The number of ether oxygens (including phenoxy) is 4. The van der Waals surface area contributed by atoms with E-state index in [1.807, 2.05) is 37.3 Å². The molecule has 1 N–H and O–H groups in total. The van der Waals surface area contributed by atoms with Crippen molar-refractivity contribution in [3.8, 4) is 23.0 Å². The molecule has 8 nitrogen and oxygen atoms in total. The van der Waals surface area contributed by atoms with Crippen molar-refractivity contribution >= 4 is 52.1 Å². The zero-order valence-electron chi connectivity index (χ0n) is 23.4. The Balaban J connectivity index is 1.37. The minimum absolute atomic E-state index is 0.256. The number of hydrogen-bond donors (Lipinski definition) is 1. The fourth-order valence-electron chi connectivity index (χ4n) is 4.13. The van der Waals surface area contributed by atoms with Crippen LogP contribution in [-0.2, 0) is 4.79 Å². The number of esters is 1. The number of rotatable bonds is 11. The maximum Gasteiger partial charge on any atom is 0.343 e. The number of halogens is 2. The van der Waals surface area contributed by atoms with E-state index in [0.717, 1.165) is 10.8 Å². The van der Waals surface area contributed by atoms with Crippen molar-refractivity contribution in [2.75, 3.05) is 6.61 Å². The molecule has 5 aromatic rings. The van der Waals surface area contributed by atoms with Gasteiger partial charge in [0, 0.05) is 15.6 Å². The van der Waals surface area contributed by atoms with E-state index in [2.05, 4.69) is 10.5 Å². The quantitative estimate of drug-likeness (QED) is 0.0529. The molecule has 5 rings (SSSR count). The average molecular weight is 629 g/mol. The molecule has 0 aliphatic carbocycles. The first-order valence-corrected chi connectivity index (χ1v) is 14.3. The Labute approximate surface area is 263 Å². The molecule has 0 unspecified atom stereocenters. The van der Waals surface area contributed by atoms with Crippen molar-refractivity contribution in [1.82, 2.24) is 5.43 Å². The van der Waals surface area contributed by atoms with E-state index in [9.17, 15) is 9.59 Å². The summed E-state index contributed by atoms with van der Waals surface area (Å²) >= 11 is 12.0. The van der Waals surface area contributed by atoms with Gasteiger partial charge in [0.25, 0.3) is 0 Å². The lowest BCUT2D eigenvalue weighted by Crippen LogP contribution is -2.40. The van der Waals surface area contributed by atoms with Gasteiger partial charge in [-0.05, 0) is 96.6 Å². The Bertz CT molecular complexity index is 1730. The molecule has 0 spiro atoms. The van der Waals surface area contributed by atoms with Crippen LogP contribution in [0.1, 0.15) is 22.8 Å². The molecule has 0 saturated carbocycles. The first-order valence-electron chi connectivity index (χ1n) is 13.5. The smallest absolute Gasteiger partial charge is 0.343 e. The molecule has 0 fully saturated rings. The molecule has 0 heterocycles. The number of hydrogen-bond acceptors (Lipinski definition) is 7. The highest BCUT2D eigenvalue weighted by Gasteiger charge is 2.23. The van der Waals surface area contributed by atoms with Gasteiger partial charge in [-0.1, -0.05) is 53.5 Å². The Morgan fingerprint density at radius 2 is 1.36 bits per heavy atom. The second kappa shape index (κ2) is 14.4. The minimum Gasteiger partial charge on any atom is -0.494 e. The molecule has 222 valence electrons. The zero-order valence-corrected chi connectivity index (χ0v) is 24.9. The minimum atomic E-state index is -1.42. The van der Waals surface area contributed by atoms with E-state index in [-0.39, 0.29) is 5.75 Å². The van der Waals surface area contributed by atoms with Crippen molar-refractivity contribution in [3.63, 3.8) is 0 Å². The van der Waals surface area contributed by atoms with E-state index in [1.165, 1.54) is 6.21 Å². The highest BCUT2D eigenvalue weighted by molar-refractivity contribution is 6.30. The topological polar surface area (TPSA) is 95.5 Å². The number of benzene rings is 5. The number of carbonyl (C=O) groups excluding carboxylic acids is 2. The van der Waals surface area contributed by atoms with Gasteiger partial charge in [0.2, 0.25) is 0 Å². The van der Waals surface area contributed by atoms with Gasteiger partial charge in [-0.3, -0.25) is 4.79 Å². The largest absolute Gasteiger partial charge is 0.494 e. The van der Waals surface area contributed by atoms with Crippen LogP contribution in [0.15, 0.2) is 114 Å². The summed E-state index contributed by atoms with van der Waals surface area (Å²) in [5.41, 5.74) is 3.29. The predicted molar refractivity (Wildman–Crippen MR) is 170 cm³/mol. The normalized spacial score (nSPS) is 11.0. The summed E-state index contributed by atoms with van der Waals surface area (Å²) in [6.45, 7) is 2.40. The van der Waals surface area contributed by atoms with Gasteiger partial charge in [-0.15, -0.1) is 0 Å². The first-order chi connectivity index (χ1) is 21.4. The van der Waals surface area contributed by atoms with E-state index >= 15 is 0 Å². The molecular weight excluding hydrogens is 603 g/mol. The lowest BCUT2D eigenvalue weighted by molar-refractivity contribution is -0.140. The third kappa shape index (κ3) is 7.86. The molecular formula is C34H26Cl2N2O6. The van der Waals surface area contributed by atoms with Gasteiger partial charge in [-0.2, -0.15) is 5.10 Å². The van der Waals surface area contributed by atoms with Gasteiger partial charge < -0.3 is 18.9 Å². The highest BCUT2D eigenvalue weighted by atomic mass is 35.5. The van der Waals surface area contributed by atoms with Crippen molar-refractivity contribution in [3.05, 3.63) is 130 Å². The van der Waals surface area contributed by atoms with Crippen LogP contribution in [0.3, 0.4) is 0 Å². The van der Waals surface area contributed by atoms with E-state index in [4.69, 9.17) is 42.1 Å². The SMILES string of the molecule is CCOc1ccc(C(=O)Oc2ccc3ccccc3c2C=NNC(=O)C(Oc2ccc(Cl)cc2)Oc2ccc(Cl)cc2)cc1. The molecule has 0 atom stereocenters. The van der Waals surface area contributed by atoms with Crippen molar-refractivity contribution < 1.29 is 28.5 Å².